The number of rotatable bonds is 6. The summed E-state index contributed by atoms with van der Waals surface area (Å²) in [5.41, 5.74) is 3.75. The van der Waals surface area contributed by atoms with E-state index in [2.05, 4.69) is 36.1 Å². The summed E-state index contributed by atoms with van der Waals surface area (Å²) in [4.78, 5) is 17.0. The number of aryl methyl sites for hydroxylation is 1. The van der Waals surface area contributed by atoms with Crippen LogP contribution in [-0.4, -0.2) is 48.5 Å². The molecule has 138 valence electrons. The van der Waals surface area contributed by atoms with Crippen LogP contribution in [0.3, 0.4) is 0 Å². The van der Waals surface area contributed by atoms with Gasteiger partial charge in [0, 0.05) is 32.7 Å². The monoisotopic (exact) mass is 352 g/mol. The number of carbonyl (C=O) groups is 1. The Kier molecular flexibility index (Phi) is 6.29. The molecule has 0 aromatic heterocycles. The quantitative estimate of drug-likeness (QED) is 0.800. The zero-order valence-corrected chi connectivity index (χ0v) is 15.8. The highest BCUT2D eigenvalue weighted by atomic mass is 16.5. The first-order valence-electron chi connectivity index (χ1n) is 9.42. The first-order chi connectivity index (χ1) is 12.7. The van der Waals surface area contributed by atoms with Gasteiger partial charge in [0.2, 0.25) is 5.91 Å². The lowest BCUT2D eigenvalue weighted by Gasteiger charge is -2.35. The van der Waals surface area contributed by atoms with Crippen molar-refractivity contribution in [3.63, 3.8) is 0 Å². The maximum Gasteiger partial charge on any atom is 0.227 e. The highest BCUT2D eigenvalue weighted by molar-refractivity contribution is 5.79. The molecule has 2 aromatic carbocycles. The van der Waals surface area contributed by atoms with Crippen molar-refractivity contribution in [2.75, 3.05) is 32.8 Å². The van der Waals surface area contributed by atoms with Crippen LogP contribution in [0.15, 0.2) is 48.5 Å². The second kappa shape index (κ2) is 8.86. The number of ether oxygens (including phenoxy) is 1. The average Bonchev–Trinajstić information content (AvgIpc) is 2.66. The summed E-state index contributed by atoms with van der Waals surface area (Å²) in [6.45, 7) is 9.23. The molecule has 2 aromatic rings. The second-order valence-electron chi connectivity index (χ2n) is 6.84. The minimum atomic E-state index is 0.213. The summed E-state index contributed by atoms with van der Waals surface area (Å²) >= 11 is 0. The number of hydrogen-bond donors (Lipinski definition) is 0. The van der Waals surface area contributed by atoms with Gasteiger partial charge in [0.05, 0.1) is 13.0 Å². The SMILES string of the molecule is CCOc1ccc(CC(=O)N2CCN(Cc3ccccc3C)CC2)cc1. The molecular formula is C22H28N2O2. The molecule has 1 fully saturated rings. The van der Waals surface area contributed by atoms with Crippen molar-refractivity contribution in [3.05, 3.63) is 65.2 Å². The van der Waals surface area contributed by atoms with Gasteiger partial charge in [-0.15, -0.1) is 0 Å². The van der Waals surface area contributed by atoms with Crippen LogP contribution in [0.5, 0.6) is 5.75 Å². The Morgan fingerprint density at radius 2 is 1.69 bits per heavy atom. The summed E-state index contributed by atoms with van der Waals surface area (Å²) in [7, 11) is 0. The topological polar surface area (TPSA) is 32.8 Å². The lowest BCUT2D eigenvalue weighted by molar-refractivity contribution is -0.132. The van der Waals surface area contributed by atoms with Gasteiger partial charge in [0.1, 0.15) is 5.75 Å². The van der Waals surface area contributed by atoms with Crippen LogP contribution in [0.25, 0.3) is 0 Å². The van der Waals surface area contributed by atoms with Gasteiger partial charge in [0.25, 0.3) is 0 Å². The Balaban J connectivity index is 1.48. The van der Waals surface area contributed by atoms with Gasteiger partial charge in [-0.1, -0.05) is 36.4 Å². The van der Waals surface area contributed by atoms with E-state index >= 15 is 0 Å². The van der Waals surface area contributed by atoms with E-state index in [0.717, 1.165) is 44.0 Å². The first kappa shape index (κ1) is 18.5. The highest BCUT2D eigenvalue weighted by Gasteiger charge is 2.21. The smallest absolute Gasteiger partial charge is 0.227 e. The molecule has 0 N–H and O–H groups in total. The molecule has 1 aliphatic heterocycles. The van der Waals surface area contributed by atoms with Gasteiger partial charge in [-0.25, -0.2) is 0 Å². The lowest BCUT2D eigenvalue weighted by Crippen LogP contribution is -2.48. The number of hydrogen-bond acceptors (Lipinski definition) is 3. The van der Waals surface area contributed by atoms with Gasteiger partial charge in [-0.2, -0.15) is 0 Å². The number of carbonyl (C=O) groups excluding carboxylic acids is 1. The molecule has 4 heteroatoms. The Labute approximate surface area is 156 Å². The van der Waals surface area contributed by atoms with Crippen LogP contribution in [-0.2, 0) is 17.8 Å². The average molecular weight is 352 g/mol. The molecule has 0 saturated carbocycles. The van der Waals surface area contributed by atoms with Gasteiger partial charge in [0.15, 0.2) is 0 Å². The van der Waals surface area contributed by atoms with Crippen LogP contribution < -0.4 is 4.74 Å². The predicted molar refractivity (Wildman–Crippen MR) is 104 cm³/mol. The lowest BCUT2D eigenvalue weighted by atomic mass is 10.1. The van der Waals surface area contributed by atoms with Crippen molar-refractivity contribution < 1.29 is 9.53 Å². The predicted octanol–water partition coefficient (Wildman–Crippen LogP) is 3.28. The molecule has 0 atom stereocenters. The molecule has 1 saturated heterocycles. The van der Waals surface area contributed by atoms with Gasteiger partial charge in [-0.05, 0) is 42.7 Å². The van der Waals surface area contributed by atoms with Crippen LogP contribution >= 0.6 is 0 Å². The largest absolute Gasteiger partial charge is 0.494 e. The Hall–Kier alpha value is -2.33. The third-order valence-corrected chi connectivity index (χ3v) is 4.97. The molecule has 26 heavy (non-hydrogen) atoms. The number of benzene rings is 2. The molecule has 0 unspecified atom stereocenters. The second-order valence-corrected chi connectivity index (χ2v) is 6.84. The molecule has 1 amide bonds. The molecule has 0 spiro atoms. The Morgan fingerprint density at radius 1 is 1.00 bits per heavy atom. The van der Waals surface area contributed by atoms with Crippen molar-refractivity contribution in [1.29, 1.82) is 0 Å². The summed E-state index contributed by atoms with van der Waals surface area (Å²) in [6, 6.07) is 16.4. The molecule has 0 aliphatic carbocycles. The van der Waals surface area contributed by atoms with Crippen LogP contribution in [0.2, 0.25) is 0 Å². The Bertz CT molecular complexity index is 719. The van der Waals surface area contributed by atoms with Gasteiger partial charge >= 0.3 is 0 Å². The van der Waals surface area contributed by atoms with Crippen molar-refractivity contribution in [2.24, 2.45) is 0 Å². The van der Waals surface area contributed by atoms with E-state index in [4.69, 9.17) is 4.74 Å². The van der Waals surface area contributed by atoms with Gasteiger partial charge in [-0.3, -0.25) is 9.69 Å². The van der Waals surface area contributed by atoms with E-state index in [1.165, 1.54) is 11.1 Å². The fourth-order valence-electron chi connectivity index (χ4n) is 3.34. The minimum absolute atomic E-state index is 0.213. The van der Waals surface area contributed by atoms with E-state index in [0.29, 0.717) is 13.0 Å². The summed E-state index contributed by atoms with van der Waals surface area (Å²) < 4.78 is 5.45. The van der Waals surface area contributed by atoms with E-state index < -0.39 is 0 Å². The zero-order chi connectivity index (χ0) is 18.4. The first-order valence-corrected chi connectivity index (χ1v) is 9.42. The van der Waals surface area contributed by atoms with Crippen molar-refractivity contribution in [2.45, 2.75) is 26.8 Å². The third-order valence-electron chi connectivity index (χ3n) is 4.97. The molecule has 0 bridgehead atoms. The maximum atomic E-state index is 12.6. The fraction of sp³-hybridized carbons (Fsp3) is 0.409. The number of piperazine rings is 1. The normalized spacial score (nSPS) is 15.1. The number of nitrogens with zero attached hydrogens (tertiary/aromatic N) is 2. The fourth-order valence-corrected chi connectivity index (χ4v) is 3.34. The van der Waals surface area contributed by atoms with E-state index in [9.17, 15) is 4.79 Å². The van der Waals surface area contributed by atoms with Gasteiger partial charge < -0.3 is 9.64 Å². The molecule has 4 nitrogen and oxygen atoms in total. The molecular weight excluding hydrogens is 324 g/mol. The highest BCUT2D eigenvalue weighted by Crippen LogP contribution is 2.15. The molecule has 1 aliphatic rings. The summed E-state index contributed by atoms with van der Waals surface area (Å²) in [5.74, 6) is 1.07. The van der Waals surface area contributed by atoms with E-state index in [1.54, 1.807) is 0 Å². The number of amides is 1. The standard InChI is InChI=1S/C22H28N2O2/c1-3-26-21-10-8-19(9-11-21)16-22(25)24-14-12-23(13-15-24)17-20-7-5-4-6-18(20)2/h4-11H,3,12-17H2,1-2H3. The molecule has 3 rings (SSSR count). The molecule has 1 heterocycles. The third kappa shape index (κ3) is 4.85. The Morgan fingerprint density at radius 3 is 2.35 bits per heavy atom. The molecule has 0 radical (unpaired) electrons. The van der Waals surface area contributed by atoms with Crippen LogP contribution in [0.4, 0.5) is 0 Å². The van der Waals surface area contributed by atoms with E-state index in [1.807, 2.05) is 36.1 Å². The maximum absolute atomic E-state index is 12.6. The summed E-state index contributed by atoms with van der Waals surface area (Å²) in [6.07, 6.45) is 0.462. The van der Waals surface area contributed by atoms with Crippen LogP contribution in [0.1, 0.15) is 23.6 Å². The van der Waals surface area contributed by atoms with Crippen molar-refractivity contribution >= 4 is 5.91 Å². The zero-order valence-electron chi connectivity index (χ0n) is 15.8. The summed E-state index contributed by atoms with van der Waals surface area (Å²) in [5, 5.41) is 0. The van der Waals surface area contributed by atoms with Crippen molar-refractivity contribution in [1.82, 2.24) is 9.80 Å². The van der Waals surface area contributed by atoms with E-state index in [-0.39, 0.29) is 5.91 Å². The minimum Gasteiger partial charge on any atom is -0.494 e. The van der Waals surface area contributed by atoms with Crippen molar-refractivity contribution in [3.8, 4) is 5.75 Å². The van der Waals surface area contributed by atoms with Crippen LogP contribution in [0, 0.1) is 6.92 Å².